The number of carbonyl (C=O) groups is 2. The fourth-order valence-electron chi connectivity index (χ4n) is 5.18. The van der Waals surface area contributed by atoms with Crippen molar-refractivity contribution in [1.29, 1.82) is 0 Å². The topological polar surface area (TPSA) is 67.9 Å². The van der Waals surface area contributed by atoms with Gasteiger partial charge in [-0.15, -0.1) is 0 Å². The zero-order chi connectivity index (χ0) is 19.0. The lowest BCUT2D eigenvalue weighted by Gasteiger charge is -2.56. The average molecular weight is 371 g/mol. The minimum atomic E-state index is -0.171. The number of piperidine rings is 2. The van der Waals surface area contributed by atoms with Gasteiger partial charge in [0.2, 0.25) is 5.91 Å². The van der Waals surface area contributed by atoms with Crippen LogP contribution in [0.15, 0.2) is 30.3 Å². The average Bonchev–Trinajstić information content (AvgIpc) is 2.93. The summed E-state index contributed by atoms with van der Waals surface area (Å²) in [6.07, 6.45) is 0. The van der Waals surface area contributed by atoms with Gasteiger partial charge in [0, 0.05) is 70.7 Å². The Balaban J connectivity index is 1.62. The number of hydrogen-bond donors (Lipinski definition) is 2. The Kier molecular flexibility index (Phi) is 4.82. The fourth-order valence-corrected chi connectivity index (χ4v) is 5.18. The van der Waals surface area contributed by atoms with E-state index in [4.69, 9.17) is 0 Å². The fraction of sp³-hybridized carbons (Fsp3) is 0.600. The summed E-state index contributed by atoms with van der Waals surface area (Å²) in [5, 5.41) is 5.89. The molecule has 3 unspecified atom stereocenters. The van der Waals surface area contributed by atoms with Crippen LogP contribution in [0.1, 0.15) is 5.56 Å². The third-order valence-electron chi connectivity index (χ3n) is 6.43. The zero-order valence-corrected chi connectivity index (χ0v) is 16.1. The van der Waals surface area contributed by atoms with E-state index in [1.807, 2.05) is 6.07 Å². The molecule has 0 radical (unpaired) electrons. The molecule has 2 N–H and O–H groups in total. The largest absolute Gasteiger partial charge is 0.358 e. The summed E-state index contributed by atoms with van der Waals surface area (Å²) in [6, 6.07) is 10.5. The first-order chi connectivity index (χ1) is 13.0. The maximum Gasteiger partial charge on any atom is 0.317 e. The third kappa shape index (κ3) is 3.30. The highest BCUT2D eigenvalue weighted by atomic mass is 16.2. The highest BCUT2D eigenvalue weighted by Gasteiger charge is 2.55. The number of fused-ring (bicyclic) bond motifs is 1. The van der Waals surface area contributed by atoms with Crippen LogP contribution in [-0.4, -0.2) is 92.6 Å². The second-order valence-corrected chi connectivity index (χ2v) is 8.21. The van der Waals surface area contributed by atoms with Crippen LogP contribution < -0.4 is 10.6 Å². The van der Waals surface area contributed by atoms with Gasteiger partial charge in [0.15, 0.2) is 0 Å². The van der Waals surface area contributed by atoms with Crippen LogP contribution in [0.2, 0.25) is 0 Å². The molecule has 27 heavy (non-hydrogen) atoms. The Morgan fingerprint density at radius 1 is 1.15 bits per heavy atom. The number of hydrogen-bond acceptors (Lipinski definition) is 4. The van der Waals surface area contributed by atoms with Crippen LogP contribution in [0.3, 0.4) is 0 Å². The number of nitrogens with one attached hydrogen (secondary N) is 2. The van der Waals surface area contributed by atoms with E-state index in [-0.39, 0.29) is 29.9 Å². The lowest BCUT2D eigenvalue weighted by Crippen LogP contribution is -2.71. The summed E-state index contributed by atoms with van der Waals surface area (Å²) in [4.78, 5) is 31.1. The number of benzene rings is 1. The highest BCUT2D eigenvalue weighted by molar-refractivity contribution is 5.83. The molecule has 4 bridgehead atoms. The van der Waals surface area contributed by atoms with Crippen molar-refractivity contribution in [3.63, 3.8) is 0 Å². The summed E-state index contributed by atoms with van der Waals surface area (Å²) < 4.78 is 0. The molecule has 7 nitrogen and oxygen atoms in total. The van der Waals surface area contributed by atoms with Crippen LogP contribution in [0, 0.1) is 5.92 Å². The highest BCUT2D eigenvalue weighted by Crippen LogP contribution is 2.43. The maximum atomic E-state index is 12.9. The molecule has 0 aliphatic carbocycles. The van der Waals surface area contributed by atoms with Gasteiger partial charge in [-0.2, -0.15) is 0 Å². The van der Waals surface area contributed by atoms with E-state index in [2.05, 4.69) is 44.7 Å². The standard InChI is InChI=1S/C20H29N5O2/c1-21-17(26)12-23(2)19(27)22-18-15-10-24-8-9-25(11-15)14-20(18,13-24)16-6-4-3-5-7-16/h3-7,15,18H,8-14H2,1-2H3,(H,21,26)(H,22,27). The molecule has 4 heterocycles. The summed E-state index contributed by atoms with van der Waals surface area (Å²) in [5.74, 6) is 0.233. The lowest BCUT2D eigenvalue weighted by atomic mass is 9.64. The molecule has 0 spiro atoms. The molecule has 3 atom stereocenters. The lowest BCUT2D eigenvalue weighted by molar-refractivity contribution is -0.121. The van der Waals surface area contributed by atoms with Crippen LogP contribution in [0.5, 0.6) is 0 Å². The Morgan fingerprint density at radius 2 is 1.78 bits per heavy atom. The van der Waals surface area contributed by atoms with Crippen LogP contribution in [0.4, 0.5) is 4.79 Å². The number of likely N-dealkylation sites (N-methyl/N-ethyl adjacent to an activating group) is 2. The van der Waals surface area contributed by atoms with E-state index in [1.54, 1.807) is 14.1 Å². The van der Waals surface area contributed by atoms with E-state index >= 15 is 0 Å². The number of carbonyl (C=O) groups excluding carboxylic acids is 2. The van der Waals surface area contributed by atoms with E-state index in [1.165, 1.54) is 10.5 Å². The smallest absolute Gasteiger partial charge is 0.317 e. The molecule has 0 saturated carbocycles. The molecule has 4 fully saturated rings. The minimum absolute atomic E-state index is 0.0658. The normalized spacial score (nSPS) is 34.0. The van der Waals surface area contributed by atoms with Gasteiger partial charge in [0.25, 0.3) is 0 Å². The second kappa shape index (κ2) is 7.13. The van der Waals surface area contributed by atoms with E-state index in [0.717, 1.165) is 39.3 Å². The van der Waals surface area contributed by atoms with E-state index in [0.29, 0.717) is 5.92 Å². The first-order valence-electron chi connectivity index (χ1n) is 9.74. The molecule has 4 aliphatic rings. The van der Waals surface area contributed by atoms with Gasteiger partial charge in [0.05, 0.1) is 0 Å². The predicted octanol–water partition coefficient (Wildman–Crippen LogP) is -0.0586. The van der Waals surface area contributed by atoms with Crippen molar-refractivity contribution < 1.29 is 9.59 Å². The zero-order valence-electron chi connectivity index (χ0n) is 16.1. The number of rotatable bonds is 4. The summed E-state index contributed by atoms with van der Waals surface area (Å²) in [5.41, 5.74) is 1.19. The summed E-state index contributed by atoms with van der Waals surface area (Å²) in [7, 11) is 3.26. The maximum absolute atomic E-state index is 12.9. The van der Waals surface area contributed by atoms with Gasteiger partial charge in [-0.3, -0.25) is 4.79 Å². The molecular formula is C20H29N5O2. The Labute approximate surface area is 160 Å². The van der Waals surface area contributed by atoms with Crippen molar-refractivity contribution in [3.8, 4) is 0 Å². The molecule has 1 aromatic rings. The predicted molar refractivity (Wildman–Crippen MR) is 104 cm³/mol. The second-order valence-electron chi connectivity index (χ2n) is 8.21. The molecular weight excluding hydrogens is 342 g/mol. The van der Waals surface area contributed by atoms with Gasteiger partial charge in [-0.05, 0) is 5.56 Å². The third-order valence-corrected chi connectivity index (χ3v) is 6.43. The first kappa shape index (κ1) is 18.3. The molecule has 0 aromatic heterocycles. The van der Waals surface area contributed by atoms with Gasteiger partial charge in [-0.25, -0.2) is 4.79 Å². The Morgan fingerprint density at radius 3 is 2.37 bits per heavy atom. The van der Waals surface area contributed by atoms with E-state index < -0.39 is 0 Å². The van der Waals surface area contributed by atoms with Crippen molar-refractivity contribution in [2.45, 2.75) is 11.5 Å². The first-order valence-corrected chi connectivity index (χ1v) is 9.74. The molecule has 1 aromatic carbocycles. The number of nitrogens with zero attached hydrogens (tertiary/aromatic N) is 3. The van der Waals surface area contributed by atoms with Crippen molar-refractivity contribution in [2.75, 3.05) is 59.9 Å². The number of urea groups is 1. The molecule has 146 valence electrons. The van der Waals surface area contributed by atoms with Gasteiger partial charge < -0.3 is 25.3 Å². The van der Waals surface area contributed by atoms with Crippen molar-refractivity contribution >= 4 is 11.9 Å². The minimum Gasteiger partial charge on any atom is -0.358 e. The molecule has 3 amide bonds. The molecule has 7 heteroatoms. The van der Waals surface area contributed by atoms with Crippen LogP contribution in [-0.2, 0) is 10.2 Å². The number of amides is 3. The van der Waals surface area contributed by atoms with Gasteiger partial charge in [-0.1, -0.05) is 30.3 Å². The van der Waals surface area contributed by atoms with Crippen molar-refractivity contribution in [2.24, 2.45) is 5.92 Å². The monoisotopic (exact) mass is 371 g/mol. The van der Waals surface area contributed by atoms with Gasteiger partial charge in [0.1, 0.15) is 6.54 Å². The summed E-state index contributed by atoms with van der Waals surface area (Å²) in [6.45, 7) is 6.24. The van der Waals surface area contributed by atoms with E-state index in [9.17, 15) is 9.59 Å². The van der Waals surface area contributed by atoms with Crippen molar-refractivity contribution in [3.05, 3.63) is 35.9 Å². The SMILES string of the molecule is CNC(=O)CN(C)C(=O)NC1C2CN3CCN(C2)CC1(c1ccccc1)C3. The quantitative estimate of drug-likeness (QED) is 0.778. The Bertz CT molecular complexity index is 694. The van der Waals surface area contributed by atoms with Crippen molar-refractivity contribution in [1.82, 2.24) is 25.3 Å². The van der Waals surface area contributed by atoms with Gasteiger partial charge >= 0.3 is 6.03 Å². The summed E-state index contributed by atoms with van der Waals surface area (Å²) >= 11 is 0. The van der Waals surface area contributed by atoms with Crippen LogP contribution >= 0.6 is 0 Å². The van der Waals surface area contributed by atoms with Crippen LogP contribution in [0.25, 0.3) is 0 Å². The molecule has 4 saturated heterocycles. The molecule has 5 rings (SSSR count). The molecule has 4 aliphatic heterocycles. The Hall–Kier alpha value is -2.12.